The SMILES string of the molecule is CCOC(=O)CCc1cc2c(-c3ccnc(C)c3)nn(C(c3ccccc3)(c3ccccc3)c3ccccc3)c2cc1[N+](=O)[O-]. The monoisotopic (exact) mass is 596 g/mol. The molecule has 45 heavy (non-hydrogen) atoms. The van der Waals surface area contributed by atoms with Crippen LogP contribution in [-0.2, 0) is 21.5 Å². The first-order chi connectivity index (χ1) is 21.9. The number of nitro groups is 1. The maximum Gasteiger partial charge on any atom is 0.306 e. The summed E-state index contributed by atoms with van der Waals surface area (Å²) in [4.78, 5) is 28.9. The average molecular weight is 597 g/mol. The van der Waals surface area contributed by atoms with Crippen LogP contribution in [0.25, 0.3) is 22.2 Å². The average Bonchev–Trinajstić information content (AvgIpc) is 3.44. The van der Waals surface area contributed by atoms with E-state index in [2.05, 4.69) is 41.4 Å². The zero-order valence-electron chi connectivity index (χ0n) is 25.1. The van der Waals surface area contributed by atoms with Crippen molar-refractivity contribution < 1.29 is 14.5 Å². The molecule has 0 aliphatic heterocycles. The quantitative estimate of drug-likeness (QED) is 0.0697. The van der Waals surface area contributed by atoms with Crippen LogP contribution in [0.4, 0.5) is 5.69 Å². The van der Waals surface area contributed by atoms with Crippen LogP contribution in [0.2, 0.25) is 0 Å². The van der Waals surface area contributed by atoms with Gasteiger partial charge in [0.1, 0.15) is 11.2 Å². The van der Waals surface area contributed by atoms with Crippen molar-refractivity contribution in [2.45, 2.75) is 32.2 Å². The number of nitrogens with zero attached hydrogens (tertiary/aromatic N) is 4. The third-order valence-corrected chi connectivity index (χ3v) is 8.04. The highest BCUT2D eigenvalue weighted by Crippen LogP contribution is 2.45. The normalized spacial score (nSPS) is 11.4. The van der Waals surface area contributed by atoms with Gasteiger partial charge in [-0.1, -0.05) is 91.0 Å². The molecule has 0 spiro atoms. The Bertz CT molecular complexity index is 1880. The number of carbonyl (C=O) groups excluding carboxylic acids is 1. The van der Waals surface area contributed by atoms with E-state index in [9.17, 15) is 14.9 Å². The zero-order valence-corrected chi connectivity index (χ0v) is 25.1. The van der Waals surface area contributed by atoms with Crippen LogP contribution < -0.4 is 0 Å². The maximum absolute atomic E-state index is 12.6. The van der Waals surface area contributed by atoms with E-state index in [0.717, 1.165) is 33.3 Å². The Kier molecular flexibility index (Phi) is 8.20. The van der Waals surface area contributed by atoms with Gasteiger partial charge in [0.05, 0.1) is 17.0 Å². The van der Waals surface area contributed by atoms with Crippen LogP contribution in [0.1, 0.15) is 41.3 Å². The molecule has 2 heterocycles. The van der Waals surface area contributed by atoms with Crippen molar-refractivity contribution in [3.05, 3.63) is 160 Å². The van der Waals surface area contributed by atoms with Crippen LogP contribution in [0.5, 0.6) is 0 Å². The van der Waals surface area contributed by atoms with Gasteiger partial charge in [0.25, 0.3) is 5.69 Å². The summed E-state index contributed by atoms with van der Waals surface area (Å²) < 4.78 is 7.05. The first-order valence-corrected chi connectivity index (χ1v) is 14.9. The third-order valence-electron chi connectivity index (χ3n) is 8.04. The van der Waals surface area contributed by atoms with Crippen LogP contribution in [0.15, 0.2) is 121 Å². The van der Waals surface area contributed by atoms with Gasteiger partial charge >= 0.3 is 5.97 Å². The van der Waals surface area contributed by atoms with Crippen molar-refractivity contribution in [1.82, 2.24) is 14.8 Å². The van der Waals surface area contributed by atoms with Crippen molar-refractivity contribution in [3.63, 3.8) is 0 Å². The van der Waals surface area contributed by atoms with Crippen LogP contribution in [0.3, 0.4) is 0 Å². The highest BCUT2D eigenvalue weighted by molar-refractivity contribution is 5.96. The fourth-order valence-corrected chi connectivity index (χ4v) is 6.10. The van der Waals surface area contributed by atoms with E-state index < -0.39 is 11.5 Å². The molecule has 0 unspecified atom stereocenters. The summed E-state index contributed by atoms with van der Waals surface area (Å²) in [5, 5.41) is 18.7. The highest BCUT2D eigenvalue weighted by Gasteiger charge is 2.41. The van der Waals surface area contributed by atoms with Gasteiger partial charge in [-0.25, -0.2) is 4.68 Å². The molecule has 0 atom stereocenters. The number of benzene rings is 4. The van der Waals surface area contributed by atoms with Crippen LogP contribution >= 0.6 is 0 Å². The lowest BCUT2D eigenvalue weighted by atomic mass is 9.77. The molecule has 0 aliphatic carbocycles. The first kappa shape index (κ1) is 29.4. The molecule has 0 bridgehead atoms. The number of fused-ring (bicyclic) bond motifs is 1. The Labute approximate surface area is 261 Å². The summed E-state index contributed by atoms with van der Waals surface area (Å²) in [6.07, 6.45) is 1.92. The summed E-state index contributed by atoms with van der Waals surface area (Å²) in [5.74, 6) is -0.399. The maximum atomic E-state index is 12.6. The van der Waals surface area contributed by atoms with Gasteiger partial charge in [0.15, 0.2) is 0 Å². The van der Waals surface area contributed by atoms with Gasteiger partial charge in [-0.3, -0.25) is 19.9 Å². The number of pyridine rings is 1. The van der Waals surface area contributed by atoms with E-state index in [1.165, 1.54) is 0 Å². The highest BCUT2D eigenvalue weighted by atomic mass is 16.6. The summed E-state index contributed by atoms with van der Waals surface area (Å²) in [6.45, 7) is 3.90. The predicted octanol–water partition coefficient (Wildman–Crippen LogP) is 7.65. The summed E-state index contributed by atoms with van der Waals surface area (Å²) in [7, 11) is 0. The Balaban J connectivity index is 1.75. The van der Waals surface area contributed by atoms with Crippen molar-refractivity contribution >= 4 is 22.6 Å². The van der Waals surface area contributed by atoms with E-state index in [4.69, 9.17) is 9.84 Å². The fraction of sp³-hybridized carbons (Fsp3) is 0.162. The molecule has 0 radical (unpaired) electrons. The lowest BCUT2D eigenvalue weighted by Crippen LogP contribution is -2.38. The molecule has 2 aromatic heterocycles. The van der Waals surface area contributed by atoms with Gasteiger partial charge in [-0.05, 0) is 55.2 Å². The Morgan fingerprint density at radius 3 is 1.96 bits per heavy atom. The molecule has 0 saturated carbocycles. The number of ether oxygens (including phenoxy) is 1. The van der Waals surface area contributed by atoms with Crippen molar-refractivity contribution in [2.24, 2.45) is 0 Å². The van der Waals surface area contributed by atoms with Crippen molar-refractivity contribution in [1.29, 1.82) is 0 Å². The van der Waals surface area contributed by atoms with Gasteiger partial charge in [-0.2, -0.15) is 5.10 Å². The van der Waals surface area contributed by atoms with Crippen molar-refractivity contribution in [3.8, 4) is 11.3 Å². The molecule has 0 amide bonds. The second kappa shape index (κ2) is 12.5. The Hall–Kier alpha value is -5.63. The summed E-state index contributed by atoms with van der Waals surface area (Å²) >= 11 is 0. The molecule has 8 heteroatoms. The minimum absolute atomic E-state index is 0.0278. The second-order valence-electron chi connectivity index (χ2n) is 10.8. The molecule has 6 aromatic rings. The molecule has 0 fully saturated rings. The smallest absolute Gasteiger partial charge is 0.306 e. The number of nitro benzene ring substituents is 1. The lowest BCUT2D eigenvalue weighted by Gasteiger charge is -2.37. The first-order valence-electron chi connectivity index (χ1n) is 14.9. The van der Waals surface area contributed by atoms with Crippen LogP contribution in [-0.4, -0.2) is 32.3 Å². The summed E-state index contributed by atoms with van der Waals surface area (Å²) in [6, 6.07) is 37.5. The van der Waals surface area contributed by atoms with Crippen LogP contribution in [0, 0.1) is 17.0 Å². The number of esters is 1. The zero-order chi connectivity index (χ0) is 31.4. The molecular weight excluding hydrogens is 564 g/mol. The predicted molar refractivity (Wildman–Crippen MR) is 174 cm³/mol. The molecule has 0 N–H and O–H groups in total. The minimum Gasteiger partial charge on any atom is -0.466 e. The molecule has 224 valence electrons. The Morgan fingerprint density at radius 1 is 0.867 bits per heavy atom. The molecule has 8 nitrogen and oxygen atoms in total. The van der Waals surface area contributed by atoms with E-state index in [-0.39, 0.29) is 30.1 Å². The second-order valence-corrected chi connectivity index (χ2v) is 10.8. The molecule has 6 rings (SSSR count). The molecule has 0 aliphatic rings. The third kappa shape index (κ3) is 5.47. The molecule has 0 saturated heterocycles. The number of hydrogen-bond acceptors (Lipinski definition) is 6. The largest absolute Gasteiger partial charge is 0.466 e. The van der Waals surface area contributed by atoms with Gasteiger partial charge in [0.2, 0.25) is 0 Å². The molecule has 4 aromatic carbocycles. The number of rotatable bonds is 10. The topological polar surface area (TPSA) is 100 Å². The summed E-state index contributed by atoms with van der Waals surface area (Å²) in [5.41, 5.74) is 5.10. The van der Waals surface area contributed by atoms with Gasteiger partial charge < -0.3 is 4.74 Å². The van der Waals surface area contributed by atoms with E-state index in [1.807, 2.05) is 84.4 Å². The Morgan fingerprint density at radius 2 is 1.44 bits per heavy atom. The van der Waals surface area contributed by atoms with Gasteiger partial charge in [-0.15, -0.1) is 0 Å². The fourth-order valence-electron chi connectivity index (χ4n) is 6.10. The number of aryl methyl sites for hydroxylation is 2. The van der Waals surface area contributed by atoms with E-state index >= 15 is 0 Å². The lowest BCUT2D eigenvalue weighted by molar-refractivity contribution is -0.385. The minimum atomic E-state index is -0.997. The standard InChI is InChI=1S/C37H32N4O4/c1-3-45-35(42)20-19-27-24-32-34(25-33(27)41(43)44)40(39-36(32)28-21-22-38-26(2)23-28)37(29-13-7-4-8-14-29,30-15-9-5-10-16-30)31-17-11-6-12-18-31/h4-18,21-25H,3,19-20H2,1-2H3. The van der Waals surface area contributed by atoms with E-state index in [1.54, 1.807) is 19.2 Å². The number of hydrogen-bond donors (Lipinski definition) is 0. The van der Waals surface area contributed by atoms with Crippen molar-refractivity contribution in [2.75, 3.05) is 6.61 Å². The number of aromatic nitrogens is 3. The van der Waals surface area contributed by atoms with Gasteiger partial charge in [0, 0.05) is 40.9 Å². The molecular formula is C37H32N4O4. The number of carbonyl (C=O) groups is 1. The van der Waals surface area contributed by atoms with E-state index in [0.29, 0.717) is 16.8 Å².